The van der Waals surface area contributed by atoms with Crippen LogP contribution in [0.3, 0.4) is 0 Å². The first kappa shape index (κ1) is 13.7. The average molecular weight is 207 g/mol. The summed E-state index contributed by atoms with van der Waals surface area (Å²) in [6.45, 7) is 6.59. The zero-order chi connectivity index (χ0) is 11.5. The molecule has 0 radical (unpaired) electrons. The van der Waals surface area contributed by atoms with Gasteiger partial charge >= 0.3 is 0 Å². The highest BCUT2D eigenvalue weighted by atomic mass is 16.1. The molecule has 0 aliphatic carbocycles. The van der Waals surface area contributed by atoms with Crippen LogP contribution in [0.15, 0.2) is 30.3 Å². The van der Waals surface area contributed by atoms with Crippen molar-refractivity contribution in [3.63, 3.8) is 0 Å². The quantitative estimate of drug-likeness (QED) is 0.808. The number of benzene rings is 1. The minimum absolute atomic E-state index is 0.121. The Morgan fingerprint density at radius 1 is 1.20 bits per heavy atom. The zero-order valence-electron chi connectivity index (χ0n) is 9.92. The van der Waals surface area contributed by atoms with E-state index in [1.807, 2.05) is 39.0 Å². The summed E-state index contributed by atoms with van der Waals surface area (Å²) >= 11 is 0. The number of hydrogen-bond donors (Lipinski definition) is 1. The van der Waals surface area contributed by atoms with Crippen LogP contribution in [-0.2, 0) is 11.2 Å². The molecule has 0 aromatic heterocycles. The van der Waals surface area contributed by atoms with Crippen LogP contribution in [0, 0.1) is 0 Å². The van der Waals surface area contributed by atoms with Gasteiger partial charge < -0.3 is 5.32 Å². The highest BCUT2D eigenvalue weighted by molar-refractivity contribution is 5.75. The van der Waals surface area contributed by atoms with Gasteiger partial charge in [0.15, 0.2) is 0 Å². The summed E-state index contributed by atoms with van der Waals surface area (Å²) in [5, 5.41) is 2.84. The first-order chi connectivity index (χ1) is 7.33. The predicted molar refractivity (Wildman–Crippen MR) is 64.8 cm³/mol. The Hall–Kier alpha value is -1.31. The summed E-state index contributed by atoms with van der Waals surface area (Å²) in [7, 11) is 0. The molecule has 1 N–H and O–H groups in total. The molecule has 1 aromatic carbocycles. The number of carbonyl (C=O) groups is 1. The largest absolute Gasteiger partial charge is 0.356 e. The summed E-state index contributed by atoms with van der Waals surface area (Å²) in [6.07, 6.45) is 1.47. The molecular weight excluding hydrogens is 186 g/mol. The molecule has 0 fully saturated rings. The second-order valence-electron chi connectivity index (χ2n) is 2.94. The molecule has 0 saturated heterocycles. The van der Waals surface area contributed by atoms with Crippen LogP contribution < -0.4 is 5.32 Å². The molecule has 1 rings (SSSR count). The van der Waals surface area contributed by atoms with Crippen molar-refractivity contribution in [3.8, 4) is 0 Å². The summed E-state index contributed by atoms with van der Waals surface area (Å²) in [5.41, 5.74) is 1.26. The standard InChI is InChI=1S/C11H15NO.C2H6/c1-2-11(13)12-9-8-10-6-4-3-5-7-10;1-2/h3-7H,2,8-9H2,1H3,(H,12,13);1-2H3. The maximum atomic E-state index is 10.9. The first-order valence-corrected chi connectivity index (χ1v) is 5.63. The fourth-order valence-corrected chi connectivity index (χ4v) is 1.12. The van der Waals surface area contributed by atoms with Crippen LogP contribution in [0.5, 0.6) is 0 Å². The molecule has 0 aliphatic heterocycles. The molecule has 2 heteroatoms. The third-order valence-electron chi connectivity index (χ3n) is 1.90. The molecule has 0 spiro atoms. The summed E-state index contributed by atoms with van der Waals surface area (Å²) < 4.78 is 0. The summed E-state index contributed by atoms with van der Waals surface area (Å²) in [5.74, 6) is 0.121. The van der Waals surface area contributed by atoms with Crippen molar-refractivity contribution in [1.29, 1.82) is 0 Å². The van der Waals surface area contributed by atoms with Gasteiger partial charge in [-0.15, -0.1) is 0 Å². The van der Waals surface area contributed by atoms with E-state index in [2.05, 4.69) is 17.4 Å². The lowest BCUT2D eigenvalue weighted by Gasteiger charge is -2.02. The van der Waals surface area contributed by atoms with E-state index in [9.17, 15) is 4.79 Å². The minimum atomic E-state index is 0.121. The molecule has 84 valence electrons. The molecule has 0 bridgehead atoms. The van der Waals surface area contributed by atoms with Crippen molar-refractivity contribution in [3.05, 3.63) is 35.9 Å². The van der Waals surface area contributed by atoms with Crippen LogP contribution in [0.4, 0.5) is 0 Å². The van der Waals surface area contributed by atoms with Crippen molar-refractivity contribution >= 4 is 5.91 Å². The Morgan fingerprint density at radius 3 is 2.33 bits per heavy atom. The molecule has 1 aromatic rings. The van der Waals surface area contributed by atoms with E-state index < -0.39 is 0 Å². The van der Waals surface area contributed by atoms with Gasteiger partial charge in [0.25, 0.3) is 0 Å². The second-order valence-corrected chi connectivity index (χ2v) is 2.94. The molecule has 0 aliphatic rings. The summed E-state index contributed by atoms with van der Waals surface area (Å²) in [6, 6.07) is 10.2. The smallest absolute Gasteiger partial charge is 0.219 e. The molecule has 15 heavy (non-hydrogen) atoms. The highest BCUT2D eigenvalue weighted by Crippen LogP contribution is 1.97. The van der Waals surface area contributed by atoms with Gasteiger partial charge in [-0.3, -0.25) is 4.79 Å². The Labute approximate surface area is 92.7 Å². The van der Waals surface area contributed by atoms with Crippen LogP contribution in [-0.4, -0.2) is 12.5 Å². The monoisotopic (exact) mass is 207 g/mol. The van der Waals surface area contributed by atoms with E-state index in [0.717, 1.165) is 13.0 Å². The van der Waals surface area contributed by atoms with Crippen molar-refractivity contribution < 1.29 is 4.79 Å². The number of amides is 1. The lowest BCUT2D eigenvalue weighted by atomic mass is 10.1. The fourth-order valence-electron chi connectivity index (χ4n) is 1.12. The average Bonchev–Trinajstić information content (AvgIpc) is 2.33. The minimum Gasteiger partial charge on any atom is -0.356 e. The molecule has 0 saturated carbocycles. The lowest BCUT2D eigenvalue weighted by molar-refractivity contribution is -0.120. The summed E-state index contributed by atoms with van der Waals surface area (Å²) in [4.78, 5) is 10.9. The zero-order valence-corrected chi connectivity index (χ0v) is 9.92. The molecule has 2 nitrogen and oxygen atoms in total. The molecule has 0 unspecified atom stereocenters. The van der Waals surface area contributed by atoms with E-state index in [-0.39, 0.29) is 5.91 Å². The maximum absolute atomic E-state index is 10.9. The predicted octanol–water partition coefficient (Wildman–Crippen LogP) is 2.78. The van der Waals surface area contributed by atoms with Crippen LogP contribution in [0.2, 0.25) is 0 Å². The lowest BCUT2D eigenvalue weighted by Crippen LogP contribution is -2.24. The topological polar surface area (TPSA) is 29.1 Å². The van der Waals surface area contributed by atoms with Gasteiger partial charge in [0.05, 0.1) is 0 Å². The van der Waals surface area contributed by atoms with Gasteiger partial charge in [-0.25, -0.2) is 0 Å². The van der Waals surface area contributed by atoms with Crippen molar-refractivity contribution in [1.82, 2.24) is 5.32 Å². The Morgan fingerprint density at radius 2 is 1.80 bits per heavy atom. The maximum Gasteiger partial charge on any atom is 0.219 e. The van der Waals surface area contributed by atoms with Crippen molar-refractivity contribution in [2.75, 3.05) is 6.54 Å². The van der Waals surface area contributed by atoms with Crippen molar-refractivity contribution in [2.45, 2.75) is 33.6 Å². The molecule has 0 atom stereocenters. The molecule has 1 amide bonds. The normalized spacial score (nSPS) is 8.73. The van der Waals surface area contributed by atoms with Gasteiger partial charge in [-0.2, -0.15) is 0 Å². The molecule has 0 heterocycles. The van der Waals surface area contributed by atoms with E-state index in [0.29, 0.717) is 6.42 Å². The van der Waals surface area contributed by atoms with Gasteiger partial charge in [0, 0.05) is 13.0 Å². The van der Waals surface area contributed by atoms with Crippen LogP contribution in [0.1, 0.15) is 32.8 Å². The van der Waals surface area contributed by atoms with Gasteiger partial charge in [0.1, 0.15) is 0 Å². The Balaban J connectivity index is 0.000000921. The Bertz CT molecular complexity index is 256. The van der Waals surface area contributed by atoms with E-state index >= 15 is 0 Å². The Kier molecular flexibility index (Phi) is 8.44. The number of carbonyl (C=O) groups excluding carboxylic acids is 1. The number of nitrogens with one attached hydrogen (secondary N) is 1. The van der Waals surface area contributed by atoms with Crippen LogP contribution >= 0.6 is 0 Å². The van der Waals surface area contributed by atoms with Crippen molar-refractivity contribution in [2.24, 2.45) is 0 Å². The van der Waals surface area contributed by atoms with E-state index in [1.165, 1.54) is 5.56 Å². The van der Waals surface area contributed by atoms with E-state index in [4.69, 9.17) is 0 Å². The van der Waals surface area contributed by atoms with Crippen LogP contribution in [0.25, 0.3) is 0 Å². The third kappa shape index (κ3) is 6.72. The third-order valence-corrected chi connectivity index (χ3v) is 1.90. The van der Waals surface area contributed by atoms with E-state index in [1.54, 1.807) is 0 Å². The van der Waals surface area contributed by atoms with Gasteiger partial charge in [0.2, 0.25) is 5.91 Å². The van der Waals surface area contributed by atoms with Gasteiger partial charge in [-0.1, -0.05) is 51.1 Å². The highest BCUT2D eigenvalue weighted by Gasteiger charge is 1.95. The fraction of sp³-hybridized carbons (Fsp3) is 0.462. The second kappa shape index (κ2) is 9.25. The molecular formula is C13H21NO. The first-order valence-electron chi connectivity index (χ1n) is 5.63. The number of rotatable bonds is 4. The number of hydrogen-bond acceptors (Lipinski definition) is 1. The SMILES string of the molecule is CC.CCC(=O)NCCc1ccccc1. The van der Waals surface area contributed by atoms with Gasteiger partial charge in [-0.05, 0) is 12.0 Å².